The predicted molar refractivity (Wildman–Crippen MR) is 120 cm³/mol. The van der Waals surface area contributed by atoms with Crippen molar-refractivity contribution in [1.29, 1.82) is 0 Å². The van der Waals surface area contributed by atoms with Crippen LogP contribution in [0.25, 0.3) is 22.4 Å². The molecule has 2 aliphatic heterocycles. The van der Waals surface area contributed by atoms with Gasteiger partial charge in [-0.2, -0.15) is 4.98 Å². The van der Waals surface area contributed by atoms with Crippen LogP contribution in [0.15, 0.2) is 30.6 Å². The third-order valence-electron chi connectivity index (χ3n) is 6.03. The van der Waals surface area contributed by atoms with Gasteiger partial charge < -0.3 is 29.1 Å². The fourth-order valence-electron chi connectivity index (χ4n) is 4.11. The molecule has 0 atom stereocenters. The number of morpholine rings is 1. The van der Waals surface area contributed by atoms with Crippen molar-refractivity contribution in [2.75, 3.05) is 64.4 Å². The lowest BCUT2D eigenvalue weighted by Gasteiger charge is -2.32. The first-order valence-corrected chi connectivity index (χ1v) is 10.9. The Labute approximate surface area is 186 Å². The number of fused-ring (bicyclic) bond motifs is 1. The molecule has 2 fully saturated rings. The molecule has 0 aliphatic carbocycles. The standard InChI is InChI=1S/C22H27N7O3/c1-26-5-7-27(8-6-26)18(31)14-29-15-23-20-19(16-3-2-4-17(30)13-16)24-22(25-21(20)29)28-9-11-32-12-10-28/h2-4,13,15,30H,5-12,14H2,1H3. The molecule has 1 amide bonds. The highest BCUT2D eigenvalue weighted by Crippen LogP contribution is 2.29. The maximum atomic E-state index is 13.0. The number of carbonyl (C=O) groups is 1. The van der Waals surface area contributed by atoms with Gasteiger partial charge in [0, 0.05) is 44.8 Å². The summed E-state index contributed by atoms with van der Waals surface area (Å²) in [5.41, 5.74) is 2.61. The number of phenolic OH excluding ortho intramolecular Hbond substituents is 1. The molecule has 4 heterocycles. The van der Waals surface area contributed by atoms with Crippen molar-refractivity contribution in [2.45, 2.75) is 6.54 Å². The smallest absolute Gasteiger partial charge is 0.242 e. The molecule has 0 saturated carbocycles. The number of amides is 1. The minimum Gasteiger partial charge on any atom is -0.508 e. The van der Waals surface area contributed by atoms with Gasteiger partial charge in [-0.3, -0.25) is 4.79 Å². The van der Waals surface area contributed by atoms with Gasteiger partial charge in [-0.05, 0) is 19.2 Å². The molecule has 10 heteroatoms. The van der Waals surface area contributed by atoms with E-state index in [9.17, 15) is 9.90 Å². The number of nitrogens with zero attached hydrogens (tertiary/aromatic N) is 7. The topological polar surface area (TPSA) is 99.9 Å². The van der Waals surface area contributed by atoms with Crippen molar-refractivity contribution in [3.8, 4) is 17.0 Å². The number of ether oxygens (including phenoxy) is 1. The second kappa shape index (κ2) is 8.71. The highest BCUT2D eigenvalue weighted by atomic mass is 16.5. The first-order valence-electron chi connectivity index (χ1n) is 10.9. The summed E-state index contributed by atoms with van der Waals surface area (Å²) in [6, 6.07) is 6.96. The molecular weight excluding hydrogens is 410 g/mol. The number of hydrogen-bond acceptors (Lipinski definition) is 8. The van der Waals surface area contributed by atoms with Gasteiger partial charge in [0.25, 0.3) is 0 Å². The summed E-state index contributed by atoms with van der Waals surface area (Å²) < 4.78 is 7.27. The van der Waals surface area contributed by atoms with Crippen molar-refractivity contribution in [2.24, 2.45) is 0 Å². The van der Waals surface area contributed by atoms with E-state index in [-0.39, 0.29) is 18.2 Å². The van der Waals surface area contributed by atoms with E-state index in [1.807, 2.05) is 11.0 Å². The van der Waals surface area contributed by atoms with Crippen LogP contribution in [0.3, 0.4) is 0 Å². The lowest BCUT2D eigenvalue weighted by Crippen LogP contribution is -2.48. The zero-order chi connectivity index (χ0) is 22.1. The van der Waals surface area contributed by atoms with E-state index in [1.165, 1.54) is 0 Å². The summed E-state index contributed by atoms with van der Waals surface area (Å²) in [6.07, 6.45) is 1.66. The third-order valence-corrected chi connectivity index (χ3v) is 6.03. The van der Waals surface area contributed by atoms with Crippen molar-refractivity contribution < 1.29 is 14.6 Å². The third kappa shape index (κ3) is 4.11. The molecule has 0 spiro atoms. The SMILES string of the molecule is CN1CCN(C(=O)Cn2cnc3c(-c4cccc(O)c4)nc(N4CCOCC4)nc32)CC1. The molecule has 1 aromatic carbocycles. The normalized spacial score (nSPS) is 17.8. The van der Waals surface area contributed by atoms with E-state index in [0.717, 1.165) is 31.7 Å². The Balaban J connectivity index is 1.53. The van der Waals surface area contributed by atoms with E-state index in [1.54, 1.807) is 29.1 Å². The summed E-state index contributed by atoms with van der Waals surface area (Å²) >= 11 is 0. The molecule has 168 valence electrons. The van der Waals surface area contributed by atoms with Crippen LogP contribution < -0.4 is 4.90 Å². The fraction of sp³-hybridized carbons (Fsp3) is 0.455. The second-order valence-corrected chi connectivity index (χ2v) is 8.25. The van der Waals surface area contributed by atoms with Crippen molar-refractivity contribution in [3.63, 3.8) is 0 Å². The quantitative estimate of drug-likeness (QED) is 0.640. The Bertz CT molecular complexity index is 1120. The molecule has 10 nitrogen and oxygen atoms in total. The number of benzene rings is 1. The van der Waals surface area contributed by atoms with Crippen LogP contribution in [-0.4, -0.2) is 99.9 Å². The van der Waals surface area contributed by atoms with Gasteiger partial charge in [-0.15, -0.1) is 0 Å². The fourth-order valence-corrected chi connectivity index (χ4v) is 4.11. The van der Waals surface area contributed by atoms with Gasteiger partial charge in [0.15, 0.2) is 5.65 Å². The second-order valence-electron chi connectivity index (χ2n) is 8.25. The van der Waals surface area contributed by atoms with Gasteiger partial charge in [0.05, 0.1) is 19.5 Å². The highest BCUT2D eigenvalue weighted by molar-refractivity contribution is 5.89. The van der Waals surface area contributed by atoms with Crippen LogP contribution in [0.4, 0.5) is 5.95 Å². The number of piperazine rings is 1. The number of likely N-dealkylation sites (N-methyl/N-ethyl adjacent to an activating group) is 1. The average molecular weight is 438 g/mol. The minimum atomic E-state index is 0.0582. The number of aromatic nitrogens is 4. The number of anilines is 1. The number of rotatable bonds is 4. The Morgan fingerprint density at radius 2 is 1.88 bits per heavy atom. The lowest BCUT2D eigenvalue weighted by molar-refractivity contribution is -0.133. The van der Waals surface area contributed by atoms with Crippen LogP contribution >= 0.6 is 0 Å². The largest absolute Gasteiger partial charge is 0.508 e. The van der Waals surface area contributed by atoms with Crippen molar-refractivity contribution in [1.82, 2.24) is 29.3 Å². The number of phenols is 1. The Kier molecular flexibility index (Phi) is 5.62. The summed E-state index contributed by atoms with van der Waals surface area (Å²) in [7, 11) is 2.07. The van der Waals surface area contributed by atoms with Gasteiger partial charge >= 0.3 is 0 Å². The predicted octanol–water partition coefficient (Wildman–Crippen LogP) is 0.809. The molecule has 1 N–H and O–H groups in total. The van der Waals surface area contributed by atoms with Crippen LogP contribution in [0.5, 0.6) is 5.75 Å². The van der Waals surface area contributed by atoms with E-state index < -0.39 is 0 Å². The molecule has 5 rings (SSSR count). The minimum absolute atomic E-state index is 0.0582. The van der Waals surface area contributed by atoms with Crippen LogP contribution in [0, 0.1) is 0 Å². The molecule has 3 aromatic rings. The Morgan fingerprint density at radius 1 is 1.09 bits per heavy atom. The van der Waals surface area contributed by atoms with Crippen LogP contribution in [0.1, 0.15) is 0 Å². The van der Waals surface area contributed by atoms with E-state index in [4.69, 9.17) is 14.7 Å². The number of aromatic hydroxyl groups is 1. The zero-order valence-electron chi connectivity index (χ0n) is 18.1. The number of hydrogen-bond donors (Lipinski definition) is 1. The van der Waals surface area contributed by atoms with Gasteiger partial charge in [0.1, 0.15) is 23.5 Å². The van der Waals surface area contributed by atoms with E-state index >= 15 is 0 Å². The molecule has 32 heavy (non-hydrogen) atoms. The summed E-state index contributed by atoms with van der Waals surface area (Å²) in [6.45, 7) is 6.00. The van der Waals surface area contributed by atoms with Crippen molar-refractivity contribution >= 4 is 23.0 Å². The van der Waals surface area contributed by atoms with Crippen molar-refractivity contribution in [3.05, 3.63) is 30.6 Å². The van der Waals surface area contributed by atoms with E-state index in [0.29, 0.717) is 49.1 Å². The average Bonchev–Trinajstić information content (AvgIpc) is 3.22. The van der Waals surface area contributed by atoms with E-state index in [2.05, 4.69) is 21.8 Å². The zero-order valence-corrected chi connectivity index (χ0v) is 18.1. The number of imidazole rings is 1. The summed E-state index contributed by atoms with van der Waals surface area (Å²) in [5.74, 6) is 0.794. The first kappa shape index (κ1) is 20.7. The molecule has 2 aliphatic rings. The molecule has 2 aromatic heterocycles. The Morgan fingerprint density at radius 3 is 2.62 bits per heavy atom. The monoisotopic (exact) mass is 437 g/mol. The summed E-state index contributed by atoms with van der Waals surface area (Å²) in [5, 5.41) is 10.0. The molecule has 2 saturated heterocycles. The molecule has 0 unspecified atom stereocenters. The highest BCUT2D eigenvalue weighted by Gasteiger charge is 2.23. The molecular formula is C22H27N7O3. The van der Waals surface area contributed by atoms with Gasteiger partial charge in [0.2, 0.25) is 11.9 Å². The Hall–Kier alpha value is -3.24. The summed E-state index contributed by atoms with van der Waals surface area (Å²) in [4.78, 5) is 33.3. The maximum absolute atomic E-state index is 13.0. The first-order chi connectivity index (χ1) is 15.6. The lowest BCUT2D eigenvalue weighted by atomic mass is 10.1. The van der Waals surface area contributed by atoms with Gasteiger partial charge in [-0.1, -0.05) is 12.1 Å². The van der Waals surface area contributed by atoms with Crippen LogP contribution in [-0.2, 0) is 16.1 Å². The molecule has 0 bridgehead atoms. The number of carbonyl (C=O) groups excluding carboxylic acids is 1. The molecule has 0 radical (unpaired) electrons. The van der Waals surface area contributed by atoms with Crippen LogP contribution in [0.2, 0.25) is 0 Å². The maximum Gasteiger partial charge on any atom is 0.242 e. The van der Waals surface area contributed by atoms with Gasteiger partial charge in [-0.25, -0.2) is 9.97 Å².